The summed E-state index contributed by atoms with van der Waals surface area (Å²) in [6, 6.07) is 6.00. The summed E-state index contributed by atoms with van der Waals surface area (Å²) in [5, 5.41) is 0.886. The molecule has 74 valence electrons. The predicted octanol–water partition coefficient (Wildman–Crippen LogP) is 2.28. The van der Waals surface area contributed by atoms with Crippen LogP contribution in [0.3, 0.4) is 0 Å². The van der Waals surface area contributed by atoms with Crippen molar-refractivity contribution in [2.75, 3.05) is 0 Å². The average molecular weight is 278 g/mol. The van der Waals surface area contributed by atoms with Gasteiger partial charge in [-0.3, -0.25) is 0 Å². The molecule has 0 N–H and O–H groups in total. The van der Waals surface area contributed by atoms with Gasteiger partial charge in [0.2, 0.25) is 0 Å². The third-order valence-electron chi connectivity index (χ3n) is 2.57. The molecule has 3 rings (SSSR count). The summed E-state index contributed by atoms with van der Waals surface area (Å²) >= 11 is 6.27. The number of benzene rings is 1. The van der Waals surface area contributed by atoms with Crippen LogP contribution in [-0.4, -0.2) is 25.3 Å². The Hall–Kier alpha value is -0.652. The zero-order valence-electron chi connectivity index (χ0n) is 8.07. The molecule has 0 amide bonds. The number of hydrogen-bond acceptors (Lipinski definition) is 1. The van der Waals surface area contributed by atoms with Crippen molar-refractivity contribution in [2.24, 2.45) is 4.99 Å². The molecule has 1 aromatic carbocycles. The normalized spacial score (nSPS) is 18.7. The van der Waals surface area contributed by atoms with E-state index >= 15 is 0 Å². The first-order valence-electron chi connectivity index (χ1n) is 4.96. The Labute approximate surface area is 100 Å². The third-order valence-corrected chi connectivity index (χ3v) is 6.15. The minimum absolute atomic E-state index is 0.0706. The molecular formula is C12H9AsClN. The van der Waals surface area contributed by atoms with E-state index in [1.165, 1.54) is 20.8 Å². The van der Waals surface area contributed by atoms with E-state index < -0.39 is 0 Å². The predicted molar refractivity (Wildman–Crippen MR) is 67.3 cm³/mol. The average Bonchev–Trinajstić information content (AvgIpc) is 2.27. The van der Waals surface area contributed by atoms with Gasteiger partial charge in [-0.1, -0.05) is 0 Å². The van der Waals surface area contributed by atoms with E-state index in [4.69, 9.17) is 11.6 Å². The molecule has 0 saturated carbocycles. The molecule has 1 heterocycles. The fraction of sp³-hybridized carbons (Fsp3) is 0.167. The number of rotatable bonds is 0. The van der Waals surface area contributed by atoms with Crippen LogP contribution in [-0.2, 0) is 0 Å². The molecule has 0 fully saturated rings. The van der Waals surface area contributed by atoms with Crippen LogP contribution >= 0.6 is 11.6 Å². The molecule has 3 heteroatoms. The summed E-state index contributed by atoms with van der Waals surface area (Å²) in [5.41, 5.74) is 2.27. The molecule has 15 heavy (non-hydrogen) atoms. The van der Waals surface area contributed by atoms with Crippen LogP contribution in [0.4, 0.5) is 5.69 Å². The number of halogens is 1. The van der Waals surface area contributed by atoms with E-state index in [-0.39, 0.29) is 15.3 Å². The second-order valence-electron chi connectivity index (χ2n) is 3.60. The number of aliphatic imine (C=N–C) groups is 1. The summed E-state index contributed by atoms with van der Waals surface area (Å²) in [7, 11) is 0. The molecule has 1 aliphatic heterocycles. The number of allylic oxidation sites excluding steroid dienone is 2. The van der Waals surface area contributed by atoms with Gasteiger partial charge in [0, 0.05) is 0 Å². The maximum atomic E-state index is 6.20. The molecule has 0 saturated heterocycles. The Bertz CT molecular complexity index is 514. The topological polar surface area (TPSA) is 12.4 Å². The van der Waals surface area contributed by atoms with Crippen molar-refractivity contribution in [2.45, 2.75) is 12.8 Å². The maximum absolute atomic E-state index is 6.20. The Morgan fingerprint density at radius 3 is 3.20 bits per heavy atom. The summed E-state index contributed by atoms with van der Waals surface area (Å²) in [5.74, 6) is 0. The van der Waals surface area contributed by atoms with E-state index in [1.807, 2.05) is 12.1 Å². The Kier molecular flexibility index (Phi) is 2.38. The zero-order valence-corrected chi connectivity index (χ0v) is 10.7. The van der Waals surface area contributed by atoms with Gasteiger partial charge in [-0.25, -0.2) is 0 Å². The molecule has 1 aromatic rings. The van der Waals surface area contributed by atoms with Crippen LogP contribution in [0.5, 0.6) is 0 Å². The molecule has 1 aliphatic carbocycles. The molecule has 0 spiro atoms. The van der Waals surface area contributed by atoms with Gasteiger partial charge in [0.05, 0.1) is 0 Å². The first-order chi connectivity index (χ1) is 7.34. The standard InChI is InChI=1S/C12H9AsClN/c14-9-5-3-7-11-12(9)13-8-4-1-2-6-10(8)15-11/h2-3,5-7H,1,4H2. The number of hydrogen-bond donors (Lipinski definition) is 0. The Balaban J connectivity index is 2.23. The van der Waals surface area contributed by atoms with Gasteiger partial charge < -0.3 is 0 Å². The first kappa shape index (κ1) is 9.57. The Morgan fingerprint density at radius 2 is 2.27 bits per heavy atom. The summed E-state index contributed by atoms with van der Waals surface area (Å²) in [4.78, 5) is 4.66. The van der Waals surface area contributed by atoms with E-state index in [1.54, 1.807) is 0 Å². The van der Waals surface area contributed by atoms with Crippen LogP contribution in [0, 0.1) is 0 Å². The van der Waals surface area contributed by atoms with Crippen LogP contribution in [0.1, 0.15) is 12.8 Å². The van der Waals surface area contributed by atoms with E-state index in [0.717, 1.165) is 17.1 Å². The van der Waals surface area contributed by atoms with Crippen molar-refractivity contribution in [1.29, 1.82) is 0 Å². The van der Waals surface area contributed by atoms with Gasteiger partial charge in [0.15, 0.2) is 0 Å². The van der Waals surface area contributed by atoms with Crippen molar-refractivity contribution in [3.63, 3.8) is 0 Å². The molecule has 0 unspecified atom stereocenters. The van der Waals surface area contributed by atoms with E-state index in [0.29, 0.717) is 0 Å². The van der Waals surface area contributed by atoms with Crippen LogP contribution < -0.4 is 4.35 Å². The number of fused-ring (bicyclic) bond motifs is 2. The quantitative estimate of drug-likeness (QED) is 0.645. The Morgan fingerprint density at radius 1 is 1.33 bits per heavy atom. The third kappa shape index (κ3) is 1.64. The molecular weight excluding hydrogens is 269 g/mol. The van der Waals surface area contributed by atoms with Crippen molar-refractivity contribution in [3.8, 4) is 0 Å². The minimum atomic E-state index is 0.0706. The molecule has 1 nitrogen and oxygen atoms in total. The van der Waals surface area contributed by atoms with Crippen LogP contribution in [0.25, 0.3) is 0 Å². The number of nitrogens with zero attached hydrogens (tertiary/aromatic N) is 1. The fourth-order valence-corrected chi connectivity index (χ4v) is 4.67. The molecule has 0 atom stereocenters. The van der Waals surface area contributed by atoms with Gasteiger partial charge in [0.1, 0.15) is 0 Å². The fourth-order valence-electron chi connectivity index (χ4n) is 1.82. The van der Waals surface area contributed by atoms with Gasteiger partial charge in [-0.2, -0.15) is 0 Å². The van der Waals surface area contributed by atoms with Gasteiger partial charge in [-0.05, 0) is 0 Å². The van der Waals surface area contributed by atoms with Crippen molar-refractivity contribution in [3.05, 3.63) is 35.4 Å². The molecule has 2 aliphatic rings. The van der Waals surface area contributed by atoms with Crippen LogP contribution in [0.15, 0.2) is 35.3 Å². The molecule has 0 bridgehead atoms. The first-order valence-corrected chi connectivity index (χ1v) is 7.22. The van der Waals surface area contributed by atoms with Gasteiger partial charge in [0.25, 0.3) is 0 Å². The monoisotopic (exact) mass is 277 g/mol. The van der Waals surface area contributed by atoms with Gasteiger partial charge >= 0.3 is 100 Å². The zero-order chi connectivity index (χ0) is 10.3. The van der Waals surface area contributed by atoms with E-state index in [2.05, 4.69) is 23.2 Å². The summed E-state index contributed by atoms with van der Waals surface area (Å²) in [6.07, 6.45) is 6.68. The van der Waals surface area contributed by atoms with Crippen molar-refractivity contribution in [1.82, 2.24) is 0 Å². The molecule has 0 aromatic heterocycles. The molecule has 0 radical (unpaired) electrons. The van der Waals surface area contributed by atoms with E-state index in [9.17, 15) is 0 Å². The van der Waals surface area contributed by atoms with Crippen molar-refractivity contribution < 1.29 is 0 Å². The van der Waals surface area contributed by atoms with Crippen LogP contribution in [0.2, 0.25) is 5.02 Å². The van der Waals surface area contributed by atoms with Crippen molar-refractivity contribution >= 4 is 47.0 Å². The van der Waals surface area contributed by atoms with Gasteiger partial charge in [-0.15, -0.1) is 0 Å². The second-order valence-corrected chi connectivity index (χ2v) is 6.55. The second kappa shape index (κ2) is 3.73. The summed E-state index contributed by atoms with van der Waals surface area (Å²) in [6.45, 7) is 0. The SMILES string of the molecule is Clc1cccc2c1[As]=C1CCC=CC1=N2. The summed E-state index contributed by atoms with van der Waals surface area (Å²) < 4.78 is 2.80.